The fourth-order valence-electron chi connectivity index (χ4n) is 0. The maximum atomic E-state index is 6.62. The molecule has 0 radical (unpaired) electrons. The molecular weight excluding hydrogens is 106 g/mol. The lowest BCUT2D eigenvalue weighted by atomic mass is 11.8. The number of hydrogen-bond donors (Lipinski definition) is 3. The van der Waals surface area contributed by atoms with Crippen LogP contribution < -0.4 is 0 Å². The average Bonchev–Trinajstić information content (AvgIpc) is 1.39. The minimum absolute atomic E-state index is 1.58. The minimum Gasteiger partial charge on any atom is -0.248 e. The Morgan fingerprint density at radius 2 is 1.67 bits per heavy atom. The van der Waals surface area contributed by atoms with E-state index >= 15 is 0 Å². The molecule has 4 nitrogen and oxygen atoms in total. The predicted octanol–water partition coefficient (Wildman–Crippen LogP) is 0.617. The first-order valence-electron chi connectivity index (χ1n) is 0.819. The highest BCUT2D eigenvalue weighted by Gasteiger charge is 1.27. The maximum absolute atomic E-state index is 6.62. The van der Waals surface area contributed by atoms with Gasteiger partial charge in [0.15, 0.2) is 0 Å². The smallest absolute Gasteiger partial charge is 0.0554 e. The molecule has 0 rings (SSSR count). The van der Waals surface area contributed by atoms with E-state index in [2.05, 4.69) is 17.3 Å². The van der Waals surface area contributed by atoms with Crippen molar-refractivity contribution in [3.05, 3.63) is 0 Å². The van der Waals surface area contributed by atoms with Crippen LogP contribution in [-0.2, 0) is 5.04 Å². The van der Waals surface area contributed by atoms with E-state index in [-0.39, 0.29) is 0 Å². The lowest BCUT2D eigenvalue weighted by Gasteiger charge is -1.56. The second kappa shape index (κ2) is 22.5. The zero-order chi connectivity index (χ0) is 5.41. The van der Waals surface area contributed by atoms with Crippen LogP contribution in [0.2, 0.25) is 0 Å². The number of nitrogens with one attached hydrogen (secondary N) is 1. The number of isothiocyanates is 1. The fourth-order valence-corrected chi connectivity index (χ4v) is 0. The highest BCUT2D eigenvalue weighted by Crippen LogP contribution is 1.24. The van der Waals surface area contributed by atoms with E-state index < -0.39 is 0 Å². The third-order valence-corrected chi connectivity index (χ3v) is 0. The van der Waals surface area contributed by atoms with Gasteiger partial charge < -0.3 is 0 Å². The summed E-state index contributed by atoms with van der Waals surface area (Å²) in [6.07, 6.45) is 0. The van der Waals surface area contributed by atoms with Gasteiger partial charge in [0.1, 0.15) is 0 Å². The average molecular weight is 109 g/mol. The third kappa shape index (κ3) is 258. The Morgan fingerprint density at radius 1 is 1.67 bits per heavy atom. The van der Waals surface area contributed by atoms with Crippen molar-refractivity contribution in [3.8, 4) is 0 Å². The van der Waals surface area contributed by atoms with Crippen molar-refractivity contribution < 1.29 is 15.6 Å². The molecule has 0 amide bonds. The van der Waals surface area contributed by atoms with Gasteiger partial charge in [0.05, 0.1) is 5.16 Å². The predicted molar refractivity (Wildman–Crippen MR) is 21.7 cm³/mol. The Labute approximate surface area is 39.3 Å². The van der Waals surface area contributed by atoms with Gasteiger partial charge in [-0.3, -0.25) is 0 Å². The number of thiocarbonyl (C=S) groups is 1. The van der Waals surface area contributed by atoms with Gasteiger partial charge in [-0.2, -0.15) is 0 Å². The Morgan fingerprint density at radius 3 is 1.67 bits per heavy atom. The molecule has 5 heteroatoms. The summed E-state index contributed by atoms with van der Waals surface area (Å²) in [4.78, 5) is 0. The molecule has 0 aliphatic carbocycles. The van der Waals surface area contributed by atoms with Gasteiger partial charge in [0.2, 0.25) is 0 Å². The molecule has 0 bridgehead atoms. The molecule has 0 aliphatic rings. The molecule has 6 heavy (non-hydrogen) atoms. The summed E-state index contributed by atoms with van der Waals surface area (Å²) in [5, 5.41) is 22.9. The Hall–Kier alpha value is -0.320. The van der Waals surface area contributed by atoms with Crippen molar-refractivity contribution in [3.63, 3.8) is 0 Å². The van der Waals surface area contributed by atoms with Gasteiger partial charge in [-0.15, -0.1) is 0 Å². The molecule has 0 heterocycles. The second-order valence-electron chi connectivity index (χ2n) is 0.184. The first-order valence-corrected chi connectivity index (χ1v) is 1.23. The van der Waals surface area contributed by atoms with E-state index in [1.54, 1.807) is 5.16 Å². The topological polar surface area (TPSA) is 73.5 Å². The number of rotatable bonds is 0. The van der Waals surface area contributed by atoms with E-state index in [1.807, 2.05) is 0 Å². The van der Waals surface area contributed by atoms with Crippen molar-refractivity contribution in [2.24, 2.45) is 0 Å². The van der Waals surface area contributed by atoms with E-state index in [9.17, 15) is 0 Å². The lowest BCUT2D eigenvalue weighted by molar-refractivity contribution is -0.465. The quantitative estimate of drug-likeness (QED) is 0.184. The molecule has 0 aliphatic heterocycles. The molecule has 0 saturated carbocycles. The molecular formula is CH3NO3S. The summed E-state index contributed by atoms with van der Waals surface area (Å²) in [5.74, 6) is 0. The molecule has 0 fully saturated rings. The Balaban J connectivity index is 0. The summed E-state index contributed by atoms with van der Waals surface area (Å²) in [6, 6.07) is 0. The van der Waals surface area contributed by atoms with Crippen LogP contribution >= 0.6 is 12.2 Å². The number of hydrogen-bond acceptors (Lipinski definition) is 5. The standard InChI is InChI=1S/CHNS.H2O3/c2-1-3;1-3-2/h2H;1-2H. The molecule has 3 N–H and O–H groups in total. The molecule has 0 aromatic heterocycles. The van der Waals surface area contributed by atoms with Gasteiger partial charge in [0, 0.05) is 0 Å². The summed E-state index contributed by atoms with van der Waals surface area (Å²) in [6.45, 7) is 0. The third-order valence-electron chi connectivity index (χ3n) is 0. The zero-order valence-electron chi connectivity index (χ0n) is 2.71. The highest BCUT2D eigenvalue weighted by molar-refractivity contribution is 7.78. The van der Waals surface area contributed by atoms with Gasteiger partial charge >= 0.3 is 0 Å². The lowest BCUT2D eigenvalue weighted by Crippen LogP contribution is -1.60. The minimum atomic E-state index is 1.58. The van der Waals surface area contributed by atoms with E-state index in [4.69, 9.17) is 15.9 Å². The molecule has 0 aromatic carbocycles. The van der Waals surface area contributed by atoms with Gasteiger partial charge in [-0.1, -0.05) is 5.04 Å². The van der Waals surface area contributed by atoms with Gasteiger partial charge in [-0.05, 0) is 12.2 Å². The van der Waals surface area contributed by atoms with E-state index in [0.29, 0.717) is 0 Å². The van der Waals surface area contributed by atoms with Crippen LogP contribution in [0.1, 0.15) is 0 Å². The molecule has 0 spiro atoms. The van der Waals surface area contributed by atoms with Gasteiger partial charge in [-0.25, -0.2) is 15.9 Å². The van der Waals surface area contributed by atoms with Crippen molar-refractivity contribution in [2.45, 2.75) is 0 Å². The van der Waals surface area contributed by atoms with Crippen LogP contribution in [0.25, 0.3) is 0 Å². The normalized spacial score (nSPS) is 4.33. The summed E-state index contributed by atoms with van der Waals surface area (Å²) in [7, 11) is 0. The van der Waals surface area contributed by atoms with Crippen LogP contribution in [0.15, 0.2) is 0 Å². The maximum Gasteiger partial charge on any atom is 0.0554 e. The zero-order valence-corrected chi connectivity index (χ0v) is 3.53. The Bertz CT molecular complexity index is 40.1. The van der Waals surface area contributed by atoms with Crippen LogP contribution in [0.3, 0.4) is 0 Å². The van der Waals surface area contributed by atoms with Crippen molar-refractivity contribution in [1.82, 2.24) is 0 Å². The molecule has 0 unspecified atom stereocenters. The van der Waals surface area contributed by atoms with Crippen LogP contribution in [-0.4, -0.2) is 15.7 Å². The summed E-state index contributed by atoms with van der Waals surface area (Å²) in [5.41, 5.74) is 0. The largest absolute Gasteiger partial charge is 0.248 e. The van der Waals surface area contributed by atoms with Crippen LogP contribution in [0.4, 0.5) is 0 Å². The second-order valence-corrected chi connectivity index (χ2v) is 0.388. The van der Waals surface area contributed by atoms with Crippen molar-refractivity contribution >= 4 is 17.4 Å². The molecule has 36 valence electrons. The Kier molecular flexibility index (Phi) is 34.4. The first kappa shape index (κ1) is 9.19. The SMILES string of the molecule is N=C=S.OOO. The van der Waals surface area contributed by atoms with E-state index in [0.717, 1.165) is 0 Å². The summed E-state index contributed by atoms with van der Waals surface area (Å²) >= 11 is 3.81. The fraction of sp³-hybridized carbons (Fsp3) is 0. The van der Waals surface area contributed by atoms with Crippen LogP contribution in [0.5, 0.6) is 0 Å². The van der Waals surface area contributed by atoms with Crippen molar-refractivity contribution in [1.29, 1.82) is 5.41 Å². The van der Waals surface area contributed by atoms with E-state index in [1.165, 1.54) is 0 Å². The summed E-state index contributed by atoms with van der Waals surface area (Å²) < 4.78 is 0. The first-order chi connectivity index (χ1) is 2.83. The van der Waals surface area contributed by atoms with Crippen LogP contribution in [0, 0.1) is 5.41 Å². The van der Waals surface area contributed by atoms with Crippen molar-refractivity contribution in [2.75, 3.05) is 0 Å². The molecule has 0 saturated heterocycles. The van der Waals surface area contributed by atoms with Gasteiger partial charge in [0.25, 0.3) is 0 Å². The molecule has 0 atom stereocenters. The monoisotopic (exact) mass is 109 g/mol. The highest BCUT2D eigenvalue weighted by atomic mass is 32.1. The molecule has 0 aromatic rings.